The van der Waals surface area contributed by atoms with E-state index in [9.17, 15) is 4.79 Å². The second-order valence-electron chi connectivity index (χ2n) is 7.90. The summed E-state index contributed by atoms with van der Waals surface area (Å²) in [5.74, 6) is 0.703. The first-order valence-electron chi connectivity index (χ1n) is 10.6. The first-order valence-corrected chi connectivity index (χ1v) is 10.6. The largest absolute Gasteiger partial charge is 0.352 e. The lowest BCUT2D eigenvalue weighted by Crippen LogP contribution is -2.35. The normalized spacial score (nSPS) is 16.6. The van der Waals surface area contributed by atoms with Crippen LogP contribution in [0.1, 0.15) is 38.7 Å². The van der Waals surface area contributed by atoms with Crippen LogP contribution in [0.3, 0.4) is 0 Å². The van der Waals surface area contributed by atoms with Crippen molar-refractivity contribution in [3.8, 4) is 0 Å². The number of amides is 1. The molecule has 0 atom stereocenters. The molecular formula is C25H36N2O. The number of likely N-dealkylation sites (tertiary alicyclic amines) is 1. The smallest absolute Gasteiger partial charge is 0.222 e. The Labute approximate surface area is 171 Å². The maximum Gasteiger partial charge on any atom is 0.222 e. The lowest BCUT2D eigenvalue weighted by Gasteiger charge is -2.32. The van der Waals surface area contributed by atoms with Gasteiger partial charge in [0.2, 0.25) is 5.91 Å². The molecule has 0 bridgehead atoms. The van der Waals surface area contributed by atoms with Crippen LogP contribution in [0.25, 0.3) is 0 Å². The zero-order chi connectivity index (χ0) is 20.2. The van der Waals surface area contributed by atoms with Crippen molar-refractivity contribution in [1.82, 2.24) is 10.2 Å². The van der Waals surface area contributed by atoms with Gasteiger partial charge in [-0.1, -0.05) is 75.1 Å². The van der Waals surface area contributed by atoms with Gasteiger partial charge in [0.05, 0.1) is 0 Å². The fourth-order valence-electron chi connectivity index (χ4n) is 3.66. The van der Waals surface area contributed by atoms with E-state index in [2.05, 4.69) is 59.3 Å². The summed E-state index contributed by atoms with van der Waals surface area (Å²) in [5, 5.41) is 2.99. The van der Waals surface area contributed by atoms with Crippen molar-refractivity contribution < 1.29 is 4.79 Å². The molecule has 1 saturated heterocycles. The SMILES string of the molecule is C=C/C=C\C(=C/CNC(=O)C(C)C)C1CCN(CCCc2ccccc2)CC1. The van der Waals surface area contributed by atoms with Crippen LogP contribution in [0.4, 0.5) is 0 Å². The molecular weight excluding hydrogens is 344 g/mol. The van der Waals surface area contributed by atoms with Crippen LogP contribution in [0.2, 0.25) is 0 Å². The molecule has 0 spiro atoms. The molecule has 1 aromatic rings. The Kier molecular flexibility index (Phi) is 9.78. The molecule has 0 aliphatic carbocycles. The van der Waals surface area contributed by atoms with E-state index in [-0.39, 0.29) is 11.8 Å². The number of hydrogen-bond donors (Lipinski definition) is 1. The van der Waals surface area contributed by atoms with Gasteiger partial charge in [0.25, 0.3) is 0 Å². The molecule has 152 valence electrons. The van der Waals surface area contributed by atoms with Gasteiger partial charge in [0.15, 0.2) is 0 Å². The van der Waals surface area contributed by atoms with Gasteiger partial charge in [0.1, 0.15) is 0 Å². The van der Waals surface area contributed by atoms with Crippen LogP contribution < -0.4 is 5.32 Å². The fraction of sp³-hybridized carbons (Fsp3) is 0.480. The van der Waals surface area contributed by atoms with Crippen LogP contribution in [0, 0.1) is 11.8 Å². The van der Waals surface area contributed by atoms with E-state index in [1.165, 1.54) is 36.9 Å². The highest BCUT2D eigenvalue weighted by atomic mass is 16.1. The maximum atomic E-state index is 11.8. The van der Waals surface area contributed by atoms with Gasteiger partial charge in [-0.3, -0.25) is 4.79 Å². The molecule has 2 rings (SSSR count). The lowest BCUT2D eigenvalue weighted by molar-refractivity contribution is -0.123. The van der Waals surface area contributed by atoms with E-state index >= 15 is 0 Å². The highest BCUT2D eigenvalue weighted by Gasteiger charge is 2.20. The number of carbonyl (C=O) groups excluding carboxylic acids is 1. The van der Waals surface area contributed by atoms with Crippen molar-refractivity contribution in [2.45, 2.75) is 39.5 Å². The summed E-state index contributed by atoms with van der Waals surface area (Å²) in [6, 6.07) is 10.7. The minimum Gasteiger partial charge on any atom is -0.352 e. The Morgan fingerprint density at radius 2 is 1.96 bits per heavy atom. The third-order valence-corrected chi connectivity index (χ3v) is 5.40. The predicted molar refractivity (Wildman–Crippen MR) is 119 cm³/mol. The van der Waals surface area contributed by atoms with E-state index < -0.39 is 0 Å². The first-order chi connectivity index (χ1) is 13.6. The van der Waals surface area contributed by atoms with Crippen molar-refractivity contribution in [1.29, 1.82) is 0 Å². The predicted octanol–water partition coefficient (Wildman–Crippen LogP) is 4.77. The molecule has 1 N–H and O–H groups in total. The number of piperidine rings is 1. The lowest BCUT2D eigenvalue weighted by atomic mass is 9.88. The molecule has 1 aliphatic heterocycles. The number of nitrogens with zero attached hydrogens (tertiary/aromatic N) is 1. The Morgan fingerprint density at radius 3 is 2.61 bits per heavy atom. The van der Waals surface area contributed by atoms with Crippen molar-refractivity contribution in [2.75, 3.05) is 26.2 Å². The number of aryl methyl sites for hydroxylation is 1. The minimum absolute atomic E-state index is 0.0275. The van der Waals surface area contributed by atoms with Crippen molar-refractivity contribution in [2.24, 2.45) is 11.8 Å². The number of benzene rings is 1. The summed E-state index contributed by atoms with van der Waals surface area (Å²) in [5.41, 5.74) is 2.76. The van der Waals surface area contributed by atoms with Crippen LogP contribution >= 0.6 is 0 Å². The van der Waals surface area contributed by atoms with Crippen molar-refractivity contribution in [3.05, 3.63) is 72.4 Å². The molecule has 0 radical (unpaired) electrons. The topological polar surface area (TPSA) is 32.3 Å². The van der Waals surface area contributed by atoms with E-state index in [1.807, 2.05) is 26.0 Å². The quantitative estimate of drug-likeness (QED) is 0.593. The maximum absolute atomic E-state index is 11.8. The number of allylic oxidation sites excluding steroid dienone is 4. The zero-order valence-corrected chi connectivity index (χ0v) is 17.6. The second-order valence-corrected chi connectivity index (χ2v) is 7.90. The van der Waals surface area contributed by atoms with Crippen molar-refractivity contribution >= 4 is 5.91 Å². The fourth-order valence-corrected chi connectivity index (χ4v) is 3.66. The third kappa shape index (κ3) is 7.85. The Bertz CT molecular complexity index is 652. The number of hydrogen-bond acceptors (Lipinski definition) is 2. The average molecular weight is 381 g/mol. The summed E-state index contributed by atoms with van der Waals surface area (Å²) in [6.07, 6.45) is 12.9. The molecule has 0 aromatic heterocycles. The molecule has 1 heterocycles. The summed E-state index contributed by atoms with van der Waals surface area (Å²) in [4.78, 5) is 14.4. The van der Waals surface area contributed by atoms with E-state index in [1.54, 1.807) is 0 Å². The van der Waals surface area contributed by atoms with Gasteiger partial charge in [-0.15, -0.1) is 0 Å². The number of carbonyl (C=O) groups is 1. The highest BCUT2D eigenvalue weighted by Crippen LogP contribution is 2.26. The summed E-state index contributed by atoms with van der Waals surface area (Å²) in [7, 11) is 0. The third-order valence-electron chi connectivity index (χ3n) is 5.40. The Morgan fingerprint density at radius 1 is 1.25 bits per heavy atom. The van der Waals surface area contributed by atoms with E-state index in [0.717, 1.165) is 19.5 Å². The second kappa shape index (κ2) is 12.4. The molecule has 28 heavy (non-hydrogen) atoms. The monoisotopic (exact) mass is 380 g/mol. The Balaban J connectivity index is 1.79. The molecule has 0 unspecified atom stereocenters. The van der Waals surface area contributed by atoms with Gasteiger partial charge < -0.3 is 10.2 Å². The van der Waals surface area contributed by atoms with Crippen LogP contribution in [-0.2, 0) is 11.2 Å². The first kappa shape index (κ1) is 22.2. The van der Waals surface area contributed by atoms with E-state index in [4.69, 9.17) is 0 Å². The van der Waals surface area contributed by atoms with Gasteiger partial charge >= 0.3 is 0 Å². The summed E-state index contributed by atoms with van der Waals surface area (Å²) in [6.45, 7) is 11.7. The van der Waals surface area contributed by atoms with Crippen LogP contribution in [-0.4, -0.2) is 37.0 Å². The molecule has 3 heteroatoms. The van der Waals surface area contributed by atoms with Gasteiger partial charge in [-0.2, -0.15) is 0 Å². The molecule has 1 amide bonds. The molecule has 1 aliphatic rings. The number of nitrogens with one attached hydrogen (secondary N) is 1. The number of rotatable bonds is 10. The van der Waals surface area contributed by atoms with Gasteiger partial charge in [0, 0.05) is 12.5 Å². The minimum atomic E-state index is 0.0275. The van der Waals surface area contributed by atoms with E-state index in [0.29, 0.717) is 12.5 Å². The van der Waals surface area contributed by atoms with Gasteiger partial charge in [-0.05, 0) is 62.4 Å². The molecule has 0 saturated carbocycles. The molecule has 1 aromatic carbocycles. The Hall–Kier alpha value is -2.13. The van der Waals surface area contributed by atoms with Crippen molar-refractivity contribution in [3.63, 3.8) is 0 Å². The van der Waals surface area contributed by atoms with Crippen LogP contribution in [0.15, 0.2) is 66.8 Å². The average Bonchev–Trinajstić information content (AvgIpc) is 2.71. The summed E-state index contributed by atoms with van der Waals surface area (Å²) >= 11 is 0. The molecule has 3 nitrogen and oxygen atoms in total. The standard InChI is InChI=1S/C25H36N2O/c1-4-5-13-23(14-17-26-25(28)21(2)3)24-15-19-27(20-16-24)18-9-12-22-10-7-6-8-11-22/h4-8,10-11,13-14,21,24H,1,9,12,15-20H2,2-3H3,(H,26,28)/b13-5-,23-14+. The van der Waals surface area contributed by atoms with Gasteiger partial charge in [-0.25, -0.2) is 0 Å². The van der Waals surface area contributed by atoms with Crippen LogP contribution in [0.5, 0.6) is 0 Å². The highest BCUT2D eigenvalue weighted by molar-refractivity contribution is 5.77. The summed E-state index contributed by atoms with van der Waals surface area (Å²) < 4.78 is 0. The molecule has 1 fully saturated rings. The zero-order valence-electron chi connectivity index (χ0n) is 17.6.